The van der Waals surface area contributed by atoms with Crippen LogP contribution in [0.25, 0.3) is 0 Å². The van der Waals surface area contributed by atoms with Crippen molar-refractivity contribution in [1.82, 2.24) is 0 Å². The molecule has 0 aromatic heterocycles. The van der Waals surface area contributed by atoms with Crippen LogP contribution in [0.1, 0.15) is 24.0 Å². The van der Waals surface area contributed by atoms with Crippen LogP contribution >= 0.6 is 0 Å². The Morgan fingerprint density at radius 1 is 0.903 bits per heavy atom. The normalized spacial score (nSPS) is 22.4. The quantitative estimate of drug-likeness (QED) is 0.414. The van der Waals surface area contributed by atoms with Gasteiger partial charge in [-0.25, -0.2) is 0 Å². The van der Waals surface area contributed by atoms with Gasteiger partial charge in [0, 0.05) is 0 Å². The van der Waals surface area contributed by atoms with Gasteiger partial charge in [-0.3, -0.25) is 4.18 Å². The van der Waals surface area contributed by atoms with E-state index in [4.69, 9.17) is 14.2 Å². The zero-order valence-electron chi connectivity index (χ0n) is 16.5. The lowest BCUT2D eigenvalue weighted by Gasteiger charge is -2.35. The highest BCUT2D eigenvalue weighted by molar-refractivity contribution is 7.87. The van der Waals surface area contributed by atoms with Crippen molar-refractivity contribution in [3.05, 3.63) is 71.8 Å². The minimum Gasteiger partial charge on any atom is -0.374 e. The number of alkyl halides is 3. The molecule has 0 radical (unpaired) electrons. The Hall–Kier alpha value is -1.98. The molecule has 170 valence electrons. The topological polar surface area (TPSA) is 71.1 Å². The number of ether oxygens (including phenoxy) is 3. The van der Waals surface area contributed by atoms with Crippen molar-refractivity contribution < 1.29 is 40.0 Å². The van der Waals surface area contributed by atoms with Crippen molar-refractivity contribution in [3.63, 3.8) is 0 Å². The van der Waals surface area contributed by atoms with Gasteiger partial charge in [-0.15, -0.1) is 0 Å². The Labute approximate surface area is 179 Å². The lowest BCUT2D eigenvalue weighted by molar-refractivity contribution is -0.247. The summed E-state index contributed by atoms with van der Waals surface area (Å²) in [4.78, 5) is 0. The van der Waals surface area contributed by atoms with E-state index in [1.165, 1.54) is 0 Å². The maximum atomic E-state index is 12.8. The summed E-state index contributed by atoms with van der Waals surface area (Å²) >= 11 is 0. The zero-order valence-corrected chi connectivity index (χ0v) is 17.3. The van der Waals surface area contributed by atoms with E-state index in [0.29, 0.717) is 6.61 Å². The van der Waals surface area contributed by atoms with Crippen LogP contribution in [0.15, 0.2) is 60.7 Å². The highest BCUT2D eigenvalue weighted by Gasteiger charge is 2.50. The molecule has 0 saturated carbocycles. The predicted molar refractivity (Wildman–Crippen MR) is 105 cm³/mol. The van der Waals surface area contributed by atoms with Gasteiger partial charge in [0.15, 0.2) is 6.29 Å². The molecule has 31 heavy (non-hydrogen) atoms. The largest absolute Gasteiger partial charge is 0.523 e. The average molecular weight is 460 g/mol. The second-order valence-electron chi connectivity index (χ2n) is 7.04. The SMILES string of the molecule is O=S(=O)(OC1CCC(COCc2ccccc2)OC1OCc1ccccc1)C(F)(F)F. The Morgan fingerprint density at radius 3 is 2.06 bits per heavy atom. The van der Waals surface area contributed by atoms with Crippen LogP contribution in [0.4, 0.5) is 13.2 Å². The summed E-state index contributed by atoms with van der Waals surface area (Å²) in [6, 6.07) is 18.4. The molecule has 0 bridgehead atoms. The van der Waals surface area contributed by atoms with Crippen LogP contribution in [0.3, 0.4) is 0 Å². The van der Waals surface area contributed by atoms with Crippen LogP contribution in [0.5, 0.6) is 0 Å². The molecule has 1 aliphatic rings. The monoisotopic (exact) mass is 460 g/mol. The molecule has 10 heteroatoms. The van der Waals surface area contributed by atoms with E-state index >= 15 is 0 Å². The molecule has 3 rings (SSSR count). The molecule has 1 heterocycles. The van der Waals surface area contributed by atoms with Crippen molar-refractivity contribution in [2.45, 2.75) is 50.1 Å². The first-order valence-corrected chi connectivity index (χ1v) is 11.1. The molecule has 2 aromatic carbocycles. The van der Waals surface area contributed by atoms with Gasteiger partial charge in [-0.1, -0.05) is 60.7 Å². The van der Waals surface area contributed by atoms with E-state index in [2.05, 4.69) is 4.18 Å². The van der Waals surface area contributed by atoms with Crippen molar-refractivity contribution in [2.24, 2.45) is 0 Å². The smallest absolute Gasteiger partial charge is 0.374 e. The van der Waals surface area contributed by atoms with Crippen LogP contribution in [0.2, 0.25) is 0 Å². The summed E-state index contributed by atoms with van der Waals surface area (Å²) in [6.45, 7) is 0.548. The lowest BCUT2D eigenvalue weighted by Crippen LogP contribution is -2.46. The van der Waals surface area contributed by atoms with Gasteiger partial charge in [0.2, 0.25) is 0 Å². The second-order valence-corrected chi connectivity index (χ2v) is 8.60. The van der Waals surface area contributed by atoms with E-state index in [0.717, 1.165) is 11.1 Å². The van der Waals surface area contributed by atoms with Crippen molar-refractivity contribution in [1.29, 1.82) is 0 Å². The van der Waals surface area contributed by atoms with Gasteiger partial charge in [0.1, 0.15) is 6.10 Å². The lowest BCUT2D eigenvalue weighted by atomic mass is 10.1. The van der Waals surface area contributed by atoms with Crippen LogP contribution in [0, 0.1) is 0 Å². The molecule has 6 nitrogen and oxygen atoms in total. The van der Waals surface area contributed by atoms with E-state index in [9.17, 15) is 21.6 Å². The van der Waals surface area contributed by atoms with E-state index < -0.39 is 34.1 Å². The number of hydrogen-bond donors (Lipinski definition) is 0. The Morgan fingerprint density at radius 2 is 1.48 bits per heavy atom. The van der Waals surface area contributed by atoms with Crippen molar-refractivity contribution in [3.8, 4) is 0 Å². The maximum absolute atomic E-state index is 12.8. The highest BCUT2D eigenvalue weighted by atomic mass is 32.2. The first kappa shape index (κ1) is 23.7. The molecule has 1 saturated heterocycles. The Bertz CT molecular complexity index is 906. The molecule has 0 N–H and O–H groups in total. The summed E-state index contributed by atoms with van der Waals surface area (Å²) in [5.41, 5.74) is -3.80. The third-order valence-electron chi connectivity index (χ3n) is 4.61. The first-order valence-electron chi connectivity index (χ1n) is 9.67. The van der Waals surface area contributed by atoms with Gasteiger partial charge < -0.3 is 14.2 Å². The summed E-state index contributed by atoms with van der Waals surface area (Å²) in [5, 5.41) is 0. The Kier molecular flexibility index (Phi) is 8.06. The summed E-state index contributed by atoms with van der Waals surface area (Å²) in [7, 11) is -5.77. The molecule has 1 aliphatic heterocycles. The number of benzene rings is 2. The van der Waals surface area contributed by atoms with Crippen LogP contribution in [-0.2, 0) is 41.7 Å². The van der Waals surface area contributed by atoms with Gasteiger partial charge in [-0.2, -0.15) is 21.6 Å². The van der Waals surface area contributed by atoms with E-state index in [-0.39, 0.29) is 26.1 Å². The molecule has 3 atom stereocenters. The van der Waals surface area contributed by atoms with Crippen LogP contribution in [-0.4, -0.2) is 39.0 Å². The number of rotatable bonds is 9. The third-order valence-corrected chi connectivity index (χ3v) is 5.68. The standard InChI is InChI=1S/C21H23F3O6S/c22-21(23,24)31(25,26)30-19-12-11-18(15-27-13-16-7-3-1-4-8-16)29-20(19)28-14-17-9-5-2-6-10-17/h1-10,18-20H,11-15H2. The molecule has 3 unspecified atom stereocenters. The van der Waals surface area contributed by atoms with Crippen molar-refractivity contribution >= 4 is 10.1 Å². The minimum absolute atomic E-state index is 0.00807. The Balaban J connectivity index is 1.61. The molecule has 0 aliphatic carbocycles. The molecule has 2 aromatic rings. The van der Waals surface area contributed by atoms with E-state index in [1.807, 2.05) is 36.4 Å². The molecular formula is C21H23F3O6S. The maximum Gasteiger partial charge on any atom is 0.523 e. The van der Waals surface area contributed by atoms with Gasteiger partial charge in [0.25, 0.3) is 0 Å². The fourth-order valence-corrected chi connectivity index (χ4v) is 3.67. The predicted octanol–water partition coefficient (Wildman–Crippen LogP) is 4.16. The van der Waals surface area contributed by atoms with Crippen LogP contribution < -0.4 is 0 Å². The molecule has 1 fully saturated rings. The average Bonchev–Trinajstić information content (AvgIpc) is 2.74. The highest BCUT2D eigenvalue weighted by Crippen LogP contribution is 2.31. The van der Waals surface area contributed by atoms with Gasteiger partial charge in [-0.05, 0) is 24.0 Å². The fraction of sp³-hybridized carbons (Fsp3) is 0.429. The summed E-state index contributed by atoms with van der Waals surface area (Å²) < 4.78 is 82.6. The second kappa shape index (κ2) is 10.6. The summed E-state index contributed by atoms with van der Waals surface area (Å²) in [5.74, 6) is 0. The van der Waals surface area contributed by atoms with E-state index in [1.54, 1.807) is 24.3 Å². The summed E-state index contributed by atoms with van der Waals surface area (Å²) in [6.07, 6.45) is -2.92. The molecular weight excluding hydrogens is 437 g/mol. The van der Waals surface area contributed by atoms with Crippen molar-refractivity contribution in [2.75, 3.05) is 6.61 Å². The zero-order chi connectivity index (χ0) is 22.3. The first-order chi connectivity index (χ1) is 14.7. The van der Waals surface area contributed by atoms with Gasteiger partial charge >= 0.3 is 15.6 Å². The molecule has 0 spiro atoms. The number of halogens is 3. The molecule has 0 amide bonds. The third kappa shape index (κ3) is 7.01. The number of hydrogen-bond acceptors (Lipinski definition) is 6. The van der Waals surface area contributed by atoms with Gasteiger partial charge in [0.05, 0.1) is 25.9 Å². The fourth-order valence-electron chi connectivity index (χ4n) is 3.05. The minimum atomic E-state index is -5.77.